The van der Waals surface area contributed by atoms with Gasteiger partial charge in [-0.15, -0.1) is 0 Å². The molecule has 0 amide bonds. The normalized spacial score (nSPS) is 30.0. The molecule has 14 heavy (non-hydrogen) atoms. The van der Waals surface area contributed by atoms with E-state index in [0.29, 0.717) is 23.2 Å². The van der Waals surface area contributed by atoms with Gasteiger partial charge in [0.25, 0.3) is 0 Å². The van der Waals surface area contributed by atoms with Crippen LogP contribution in [-0.2, 0) is 4.43 Å². The Morgan fingerprint density at radius 1 is 1.64 bits per heavy atom. The molecule has 0 aromatic heterocycles. The van der Waals surface area contributed by atoms with E-state index in [1.165, 1.54) is 19.2 Å². The van der Waals surface area contributed by atoms with Gasteiger partial charge in [-0.1, -0.05) is 6.04 Å². The highest BCUT2D eigenvalue weighted by molar-refractivity contribution is 7.48. The fourth-order valence-electron chi connectivity index (χ4n) is 1.88. The van der Waals surface area contributed by atoms with Crippen molar-refractivity contribution in [2.45, 2.75) is 25.4 Å². The second-order valence-corrected chi connectivity index (χ2v) is 29.3. The van der Waals surface area contributed by atoms with Crippen molar-refractivity contribution in [3.05, 3.63) is 0 Å². The third-order valence-corrected chi connectivity index (χ3v) is 39.1. The van der Waals surface area contributed by atoms with Gasteiger partial charge >= 0.3 is 0 Å². The molecule has 1 aliphatic heterocycles. The van der Waals surface area contributed by atoms with Gasteiger partial charge in [-0.05, 0) is 19.9 Å². The summed E-state index contributed by atoms with van der Waals surface area (Å²) in [4.78, 5) is 0. The Bertz CT molecular complexity index is 144. The first-order valence-electron chi connectivity index (χ1n) is 5.83. The van der Waals surface area contributed by atoms with Crippen molar-refractivity contribution in [1.82, 2.24) is 5.32 Å². The molecule has 2 unspecified atom stereocenters. The van der Waals surface area contributed by atoms with Gasteiger partial charge in [0.2, 0.25) is 0 Å². The summed E-state index contributed by atoms with van der Waals surface area (Å²) in [5, 5.41) is 3.42. The highest BCUT2D eigenvalue weighted by Crippen LogP contribution is 1.99. The Morgan fingerprint density at radius 2 is 2.50 bits per heavy atom. The Morgan fingerprint density at radius 3 is 3.14 bits per heavy atom. The molecule has 0 aromatic rings. The molecular weight excluding hydrogens is 240 g/mol. The van der Waals surface area contributed by atoms with Gasteiger partial charge in [0.05, 0.1) is 8.31 Å². The first-order chi connectivity index (χ1) is 6.79. The third-order valence-electron chi connectivity index (χ3n) is 2.69. The van der Waals surface area contributed by atoms with Crippen molar-refractivity contribution < 1.29 is 4.43 Å². The molecule has 1 fully saturated rings. The maximum Gasteiger partial charge on any atom is 0.139 e. The van der Waals surface area contributed by atoms with Gasteiger partial charge in [-0.2, -0.15) is 0 Å². The van der Waals surface area contributed by atoms with E-state index in [-0.39, 0.29) is 17.6 Å². The van der Waals surface area contributed by atoms with Crippen LogP contribution in [0, 0.1) is 0 Å². The molecule has 1 saturated heterocycles. The Hall–Kier alpha value is 0.748. The fourth-order valence-corrected chi connectivity index (χ4v) is 47.0. The maximum atomic E-state index is 5.73. The van der Waals surface area contributed by atoms with Crippen LogP contribution >= 0.6 is 0 Å². The van der Waals surface area contributed by atoms with Crippen LogP contribution in [0.25, 0.3) is 0 Å². The third kappa shape index (κ3) is 6.27. The number of nitrogens with two attached hydrogens (primary N) is 1. The summed E-state index contributed by atoms with van der Waals surface area (Å²) in [6, 6.07) is 1.86. The Kier molecular flexibility index (Phi) is 7.29. The zero-order valence-electron chi connectivity index (χ0n) is 9.30. The van der Waals surface area contributed by atoms with Crippen molar-refractivity contribution in [2.24, 2.45) is 5.73 Å². The number of hydrogen-bond donors (Lipinski definition) is 2. The minimum atomic E-state index is -0.252. The molecule has 0 aliphatic carbocycles. The molecule has 1 heterocycles. The predicted molar refractivity (Wildman–Crippen MR) is 74.7 cm³/mol. The topological polar surface area (TPSA) is 47.3 Å². The maximum absolute atomic E-state index is 5.73. The van der Waals surface area contributed by atoms with Crippen LogP contribution in [0.2, 0.25) is 6.04 Å². The van der Waals surface area contributed by atoms with Gasteiger partial charge in [0.1, 0.15) is 9.28 Å². The van der Waals surface area contributed by atoms with Crippen LogP contribution in [0.5, 0.6) is 0 Å². The molecule has 0 bridgehead atoms. The molecule has 2 atom stereocenters. The standard InChI is InChI=1S/C7H24N2OSi4/c1-7(8)5-9-3-2-4-14-6-10-11-12-13-14/h7,9,14H,2-6,8,11-13H2,1H3. The quantitative estimate of drug-likeness (QED) is 0.394. The molecule has 7 heteroatoms. The zero-order chi connectivity index (χ0) is 10.2. The molecular formula is C7H24N2OSi4. The minimum absolute atomic E-state index is 0.136. The van der Waals surface area contributed by atoms with Crippen LogP contribution in [0.15, 0.2) is 0 Å². The van der Waals surface area contributed by atoms with Gasteiger partial charge in [0.15, 0.2) is 0 Å². The molecule has 1 rings (SSSR count). The van der Waals surface area contributed by atoms with E-state index in [0.717, 1.165) is 6.54 Å². The fraction of sp³-hybridized carbons (Fsp3) is 1.00. The molecule has 0 radical (unpaired) electrons. The lowest BCUT2D eigenvalue weighted by molar-refractivity contribution is 0.416. The molecule has 84 valence electrons. The first-order valence-corrected chi connectivity index (χ1v) is 19.3. The van der Waals surface area contributed by atoms with Gasteiger partial charge in [0, 0.05) is 35.9 Å². The van der Waals surface area contributed by atoms with Crippen molar-refractivity contribution in [3.8, 4) is 0 Å². The van der Waals surface area contributed by atoms with Crippen LogP contribution in [0.4, 0.5) is 0 Å². The van der Waals surface area contributed by atoms with E-state index >= 15 is 0 Å². The van der Waals surface area contributed by atoms with E-state index in [1.807, 2.05) is 0 Å². The summed E-state index contributed by atoms with van der Waals surface area (Å²) in [6.07, 6.45) is 2.66. The average Bonchev–Trinajstić information content (AvgIpc) is 2.18. The monoisotopic (exact) mass is 264 g/mol. The average molecular weight is 265 g/mol. The van der Waals surface area contributed by atoms with E-state index in [1.54, 1.807) is 6.04 Å². The molecule has 3 nitrogen and oxygen atoms in total. The van der Waals surface area contributed by atoms with E-state index in [4.69, 9.17) is 10.2 Å². The molecule has 1 aliphatic rings. The van der Waals surface area contributed by atoms with E-state index in [2.05, 4.69) is 12.2 Å². The van der Waals surface area contributed by atoms with E-state index in [9.17, 15) is 0 Å². The number of hydrogen-bond acceptors (Lipinski definition) is 3. The molecule has 0 aromatic carbocycles. The lowest BCUT2D eigenvalue weighted by Crippen LogP contribution is -2.42. The summed E-state index contributed by atoms with van der Waals surface area (Å²) in [6.45, 7) is 4.21. The molecule has 0 spiro atoms. The van der Waals surface area contributed by atoms with Crippen LogP contribution in [0.1, 0.15) is 13.3 Å². The Balaban J connectivity index is 1.87. The summed E-state index contributed by atoms with van der Waals surface area (Å²) < 4.78 is 5.73. The highest BCUT2D eigenvalue weighted by Gasteiger charge is 2.15. The van der Waals surface area contributed by atoms with Gasteiger partial charge in [-0.25, -0.2) is 0 Å². The van der Waals surface area contributed by atoms with E-state index < -0.39 is 0 Å². The zero-order valence-corrected chi connectivity index (χ0v) is 14.7. The van der Waals surface area contributed by atoms with Gasteiger partial charge < -0.3 is 15.5 Å². The van der Waals surface area contributed by atoms with Crippen molar-refractivity contribution in [1.29, 1.82) is 0 Å². The summed E-state index contributed by atoms with van der Waals surface area (Å²) in [7, 11) is 0.905. The summed E-state index contributed by atoms with van der Waals surface area (Å²) in [5.74, 6) is 0. The first kappa shape index (κ1) is 12.8. The van der Waals surface area contributed by atoms with Crippen LogP contribution in [-0.4, -0.2) is 60.1 Å². The summed E-state index contributed by atoms with van der Waals surface area (Å²) in [5.41, 5.74) is 5.66. The second kappa shape index (κ2) is 7.96. The SMILES string of the molecule is CC(N)CNCCC[SiH]1CO[SiH2][SiH2][SiH2]1. The Labute approximate surface area is 95.1 Å². The van der Waals surface area contributed by atoms with Crippen molar-refractivity contribution >= 4 is 34.7 Å². The largest absolute Gasteiger partial charge is 0.432 e. The van der Waals surface area contributed by atoms with Gasteiger partial charge in [-0.3, -0.25) is 0 Å². The van der Waals surface area contributed by atoms with Crippen molar-refractivity contribution in [2.75, 3.05) is 19.3 Å². The van der Waals surface area contributed by atoms with Crippen LogP contribution < -0.4 is 11.1 Å². The lowest BCUT2D eigenvalue weighted by atomic mass is 10.3. The number of nitrogens with one attached hydrogen (secondary N) is 1. The minimum Gasteiger partial charge on any atom is -0.432 e. The molecule has 3 N–H and O–H groups in total. The number of rotatable bonds is 6. The highest BCUT2D eigenvalue weighted by atomic mass is 29.7. The lowest BCUT2D eigenvalue weighted by Gasteiger charge is -2.19. The second-order valence-electron chi connectivity index (χ2n) is 4.41. The summed E-state index contributed by atoms with van der Waals surface area (Å²) >= 11 is 0. The molecule has 0 saturated carbocycles. The van der Waals surface area contributed by atoms with Crippen molar-refractivity contribution in [3.63, 3.8) is 0 Å². The predicted octanol–water partition coefficient (Wildman–Crippen LogP) is -3.14. The smallest absolute Gasteiger partial charge is 0.139 e. The van der Waals surface area contributed by atoms with Crippen LogP contribution in [0.3, 0.4) is 0 Å².